The highest BCUT2D eigenvalue weighted by atomic mass is 14.8. The van der Waals surface area contributed by atoms with Gasteiger partial charge in [-0.1, -0.05) is 73.9 Å². The SMILES string of the molecule is CCCCCC1=CC2C=CC(c3ccc(NC)cc3)=CC2C=C1. The van der Waals surface area contributed by atoms with E-state index in [0.717, 1.165) is 5.69 Å². The average Bonchev–Trinajstić information content (AvgIpc) is 2.61. The van der Waals surface area contributed by atoms with E-state index < -0.39 is 0 Å². The minimum atomic E-state index is 0.508. The molecule has 2 unspecified atom stereocenters. The van der Waals surface area contributed by atoms with Crippen molar-refractivity contribution in [1.82, 2.24) is 0 Å². The Kier molecular flexibility index (Phi) is 5.17. The topological polar surface area (TPSA) is 12.0 Å². The Morgan fingerprint density at radius 1 is 0.913 bits per heavy atom. The molecule has 2 atom stereocenters. The molecule has 2 aliphatic carbocycles. The van der Waals surface area contributed by atoms with Gasteiger partial charge in [0.05, 0.1) is 0 Å². The highest BCUT2D eigenvalue weighted by Crippen LogP contribution is 2.34. The van der Waals surface area contributed by atoms with Crippen molar-refractivity contribution in [3.05, 3.63) is 71.9 Å². The van der Waals surface area contributed by atoms with Gasteiger partial charge in [-0.15, -0.1) is 0 Å². The largest absolute Gasteiger partial charge is 0.388 e. The van der Waals surface area contributed by atoms with Gasteiger partial charge in [-0.05, 0) is 36.1 Å². The van der Waals surface area contributed by atoms with Crippen LogP contribution in [-0.2, 0) is 0 Å². The number of benzene rings is 1. The van der Waals surface area contributed by atoms with Crippen molar-refractivity contribution >= 4 is 11.3 Å². The molecular formula is C22H27N. The van der Waals surface area contributed by atoms with Crippen molar-refractivity contribution < 1.29 is 0 Å². The Morgan fingerprint density at radius 3 is 2.39 bits per heavy atom. The maximum atomic E-state index is 3.17. The molecule has 23 heavy (non-hydrogen) atoms. The zero-order valence-electron chi connectivity index (χ0n) is 14.3. The number of hydrogen-bond acceptors (Lipinski definition) is 1. The first kappa shape index (κ1) is 15.9. The molecule has 0 heterocycles. The van der Waals surface area contributed by atoms with E-state index in [1.165, 1.54) is 42.4 Å². The zero-order valence-corrected chi connectivity index (χ0v) is 14.3. The molecule has 120 valence electrons. The monoisotopic (exact) mass is 305 g/mol. The fourth-order valence-corrected chi connectivity index (χ4v) is 3.37. The van der Waals surface area contributed by atoms with Gasteiger partial charge in [0.25, 0.3) is 0 Å². The molecule has 0 radical (unpaired) electrons. The molecule has 0 aliphatic heterocycles. The molecule has 1 N–H and O–H groups in total. The highest BCUT2D eigenvalue weighted by molar-refractivity contribution is 5.76. The zero-order chi connectivity index (χ0) is 16.1. The second-order valence-corrected chi connectivity index (χ2v) is 6.52. The van der Waals surface area contributed by atoms with E-state index in [0.29, 0.717) is 11.8 Å². The van der Waals surface area contributed by atoms with Crippen LogP contribution in [0.5, 0.6) is 0 Å². The van der Waals surface area contributed by atoms with Crippen molar-refractivity contribution in [1.29, 1.82) is 0 Å². The van der Waals surface area contributed by atoms with E-state index in [1.54, 1.807) is 0 Å². The van der Waals surface area contributed by atoms with Crippen LogP contribution in [0.2, 0.25) is 0 Å². The standard InChI is InChI=1S/C22H27N/c1-3-4-5-6-17-7-8-21-16-20(10-9-19(21)15-17)18-11-13-22(23-2)14-12-18/h7-16,19,21,23H,3-6H2,1-2H3. The van der Waals surface area contributed by atoms with Crippen LogP contribution in [0.1, 0.15) is 38.2 Å². The number of unbranched alkanes of at least 4 members (excludes halogenated alkanes) is 2. The third kappa shape index (κ3) is 3.85. The van der Waals surface area contributed by atoms with Crippen LogP contribution in [0.25, 0.3) is 5.57 Å². The van der Waals surface area contributed by atoms with Crippen molar-refractivity contribution in [3.8, 4) is 0 Å². The summed E-state index contributed by atoms with van der Waals surface area (Å²) < 4.78 is 0. The van der Waals surface area contributed by atoms with Crippen LogP contribution in [0.3, 0.4) is 0 Å². The van der Waals surface area contributed by atoms with Crippen molar-refractivity contribution in [2.75, 3.05) is 12.4 Å². The number of nitrogens with one attached hydrogen (secondary N) is 1. The first-order chi connectivity index (χ1) is 11.3. The smallest absolute Gasteiger partial charge is 0.0337 e. The van der Waals surface area contributed by atoms with Gasteiger partial charge in [-0.3, -0.25) is 0 Å². The highest BCUT2D eigenvalue weighted by Gasteiger charge is 2.20. The van der Waals surface area contributed by atoms with Gasteiger partial charge in [-0.25, -0.2) is 0 Å². The Hall–Kier alpha value is -2.02. The number of hydrogen-bond donors (Lipinski definition) is 1. The second-order valence-electron chi connectivity index (χ2n) is 6.52. The molecule has 0 saturated carbocycles. The molecule has 0 aromatic heterocycles. The minimum absolute atomic E-state index is 0.508. The Labute approximate surface area is 140 Å². The lowest BCUT2D eigenvalue weighted by molar-refractivity contribution is 0.642. The Balaban J connectivity index is 1.69. The molecule has 3 rings (SSSR count). The third-order valence-corrected chi connectivity index (χ3v) is 4.83. The third-order valence-electron chi connectivity index (χ3n) is 4.83. The van der Waals surface area contributed by atoms with Gasteiger partial charge in [0, 0.05) is 24.6 Å². The summed E-state index contributed by atoms with van der Waals surface area (Å²) in [4.78, 5) is 0. The molecule has 1 aromatic carbocycles. The Bertz CT molecular complexity index is 643. The van der Waals surface area contributed by atoms with Crippen LogP contribution in [0.4, 0.5) is 5.69 Å². The summed E-state index contributed by atoms with van der Waals surface area (Å²) in [7, 11) is 1.95. The summed E-state index contributed by atoms with van der Waals surface area (Å²) in [5, 5.41) is 3.17. The molecular weight excluding hydrogens is 278 g/mol. The fraction of sp³-hybridized carbons (Fsp3) is 0.364. The normalized spacial score (nSPS) is 22.3. The first-order valence-corrected chi connectivity index (χ1v) is 8.87. The molecule has 2 aliphatic rings. The summed E-state index contributed by atoms with van der Waals surface area (Å²) >= 11 is 0. The molecule has 0 fully saturated rings. The fourth-order valence-electron chi connectivity index (χ4n) is 3.37. The summed E-state index contributed by atoms with van der Waals surface area (Å²) in [5.41, 5.74) is 5.30. The quantitative estimate of drug-likeness (QED) is 0.636. The predicted molar refractivity (Wildman–Crippen MR) is 101 cm³/mol. The Morgan fingerprint density at radius 2 is 1.65 bits per heavy atom. The molecule has 0 bridgehead atoms. The lowest BCUT2D eigenvalue weighted by Gasteiger charge is -2.25. The van der Waals surface area contributed by atoms with E-state index in [9.17, 15) is 0 Å². The summed E-state index contributed by atoms with van der Waals surface area (Å²) in [5.74, 6) is 1.05. The van der Waals surface area contributed by atoms with Gasteiger partial charge in [-0.2, -0.15) is 0 Å². The number of anilines is 1. The van der Waals surface area contributed by atoms with Crippen LogP contribution < -0.4 is 5.32 Å². The van der Waals surface area contributed by atoms with Gasteiger partial charge in [0.2, 0.25) is 0 Å². The maximum Gasteiger partial charge on any atom is 0.0337 e. The van der Waals surface area contributed by atoms with Crippen molar-refractivity contribution in [3.63, 3.8) is 0 Å². The molecule has 1 heteroatoms. The van der Waals surface area contributed by atoms with Gasteiger partial charge in [0.1, 0.15) is 0 Å². The van der Waals surface area contributed by atoms with Gasteiger partial charge >= 0.3 is 0 Å². The molecule has 1 nitrogen and oxygen atoms in total. The average molecular weight is 305 g/mol. The van der Waals surface area contributed by atoms with Crippen LogP contribution in [0.15, 0.2) is 66.3 Å². The summed E-state index contributed by atoms with van der Waals surface area (Å²) in [6.07, 6.45) is 19.4. The van der Waals surface area contributed by atoms with Crippen molar-refractivity contribution in [2.24, 2.45) is 11.8 Å². The van der Waals surface area contributed by atoms with Gasteiger partial charge < -0.3 is 5.32 Å². The van der Waals surface area contributed by atoms with E-state index in [2.05, 4.69) is 73.0 Å². The van der Waals surface area contributed by atoms with E-state index in [1.807, 2.05) is 7.05 Å². The van der Waals surface area contributed by atoms with Crippen LogP contribution in [0, 0.1) is 11.8 Å². The molecule has 1 aromatic rings. The molecule has 0 amide bonds. The van der Waals surface area contributed by atoms with Crippen molar-refractivity contribution in [2.45, 2.75) is 32.6 Å². The molecule has 0 spiro atoms. The number of fused-ring (bicyclic) bond motifs is 1. The lowest BCUT2D eigenvalue weighted by Crippen LogP contribution is -2.13. The lowest BCUT2D eigenvalue weighted by atomic mass is 9.79. The van der Waals surface area contributed by atoms with Crippen LogP contribution >= 0.6 is 0 Å². The summed E-state index contributed by atoms with van der Waals surface area (Å²) in [6, 6.07) is 8.67. The van der Waals surface area contributed by atoms with E-state index >= 15 is 0 Å². The van der Waals surface area contributed by atoms with E-state index in [4.69, 9.17) is 0 Å². The minimum Gasteiger partial charge on any atom is -0.388 e. The predicted octanol–water partition coefficient (Wildman–Crippen LogP) is 5.99. The maximum absolute atomic E-state index is 3.17. The number of rotatable bonds is 6. The van der Waals surface area contributed by atoms with Crippen LogP contribution in [-0.4, -0.2) is 7.05 Å². The molecule has 0 saturated heterocycles. The first-order valence-electron chi connectivity index (χ1n) is 8.87. The number of allylic oxidation sites excluding steroid dienone is 8. The second kappa shape index (κ2) is 7.50. The van der Waals surface area contributed by atoms with Gasteiger partial charge in [0.15, 0.2) is 0 Å². The summed E-state index contributed by atoms with van der Waals surface area (Å²) in [6.45, 7) is 2.26. The van der Waals surface area contributed by atoms with E-state index in [-0.39, 0.29) is 0 Å².